The summed E-state index contributed by atoms with van der Waals surface area (Å²) in [4.78, 5) is 38.9. The highest BCUT2D eigenvalue weighted by molar-refractivity contribution is 6.09. The number of amides is 2. The number of aromatic amines is 1. The standard InChI is InChI=1S/C27H32FN5O5/c1-13-8-17(21(9-18(13)28)38-11-16-4-5-16)23-25-24(30-12-29-23)22(14(2)31-25)26(36)32-19-6-7-33(10-20(19)35)27(37)15(3)34/h8-9,12,15-16,19-20,31,34-35H,4-7,10-11H2,1-3H3,(H,32,36)/t15-,19+,20-/m0/s1. The highest BCUT2D eigenvalue weighted by Gasteiger charge is 2.33. The number of hydrogen-bond donors (Lipinski definition) is 4. The van der Waals surface area contributed by atoms with Crippen LogP contribution in [0.3, 0.4) is 0 Å². The number of ether oxygens (including phenoxy) is 1. The van der Waals surface area contributed by atoms with Gasteiger partial charge in [0.15, 0.2) is 0 Å². The number of hydrogen-bond acceptors (Lipinski definition) is 7. The molecule has 1 saturated carbocycles. The van der Waals surface area contributed by atoms with E-state index in [0.717, 1.165) is 12.8 Å². The molecule has 0 bridgehead atoms. The lowest BCUT2D eigenvalue weighted by Gasteiger charge is -2.36. The number of aromatic nitrogens is 3. The second-order valence-corrected chi connectivity index (χ2v) is 10.3. The van der Waals surface area contributed by atoms with Crippen LogP contribution in [0.1, 0.15) is 47.8 Å². The van der Waals surface area contributed by atoms with E-state index in [1.807, 2.05) is 0 Å². The van der Waals surface area contributed by atoms with E-state index < -0.39 is 30.1 Å². The predicted octanol–water partition coefficient (Wildman–Crippen LogP) is 2.24. The van der Waals surface area contributed by atoms with Crippen molar-refractivity contribution < 1.29 is 28.9 Å². The zero-order valence-electron chi connectivity index (χ0n) is 21.6. The molecule has 2 aliphatic rings. The first kappa shape index (κ1) is 26.1. The number of piperidine rings is 1. The molecule has 0 radical (unpaired) electrons. The summed E-state index contributed by atoms with van der Waals surface area (Å²) in [6.07, 6.45) is 1.75. The highest BCUT2D eigenvalue weighted by atomic mass is 19.1. The van der Waals surface area contributed by atoms with Gasteiger partial charge in [-0.1, -0.05) is 0 Å². The summed E-state index contributed by atoms with van der Waals surface area (Å²) >= 11 is 0. The summed E-state index contributed by atoms with van der Waals surface area (Å²) in [7, 11) is 0. The van der Waals surface area contributed by atoms with Crippen LogP contribution in [0.4, 0.5) is 4.39 Å². The Bertz CT molecular complexity index is 1390. The number of halogens is 1. The fourth-order valence-corrected chi connectivity index (χ4v) is 4.87. The van der Waals surface area contributed by atoms with E-state index in [9.17, 15) is 24.2 Å². The Morgan fingerprint density at radius 1 is 1.26 bits per heavy atom. The molecule has 3 aromatic rings. The number of rotatable bonds is 7. The second kappa shape index (κ2) is 10.3. The predicted molar refractivity (Wildman–Crippen MR) is 137 cm³/mol. The van der Waals surface area contributed by atoms with Gasteiger partial charge in [-0.15, -0.1) is 0 Å². The lowest BCUT2D eigenvalue weighted by atomic mass is 10.0. The van der Waals surface area contributed by atoms with Crippen molar-refractivity contribution in [1.82, 2.24) is 25.2 Å². The van der Waals surface area contributed by atoms with Crippen LogP contribution in [0, 0.1) is 25.6 Å². The van der Waals surface area contributed by atoms with Gasteiger partial charge in [0.2, 0.25) is 0 Å². The molecule has 3 heterocycles. The zero-order valence-corrected chi connectivity index (χ0v) is 21.6. The van der Waals surface area contributed by atoms with E-state index in [4.69, 9.17) is 4.74 Å². The summed E-state index contributed by atoms with van der Waals surface area (Å²) in [5.41, 5.74) is 3.35. The molecule has 0 unspecified atom stereocenters. The summed E-state index contributed by atoms with van der Waals surface area (Å²) in [5, 5.41) is 23.0. The molecular weight excluding hydrogens is 493 g/mol. The summed E-state index contributed by atoms with van der Waals surface area (Å²) in [5.74, 6) is -0.375. The topological polar surface area (TPSA) is 141 Å². The van der Waals surface area contributed by atoms with Crippen LogP contribution in [0.2, 0.25) is 0 Å². The first-order valence-corrected chi connectivity index (χ1v) is 12.9. The second-order valence-electron chi connectivity index (χ2n) is 10.3. The number of aliphatic hydroxyl groups excluding tert-OH is 2. The number of carbonyl (C=O) groups excluding carboxylic acids is 2. The van der Waals surface area contributed by atoms with Gasteiger partial charge in [-0.2, -0.15) is 0 Å². The van der Waals surface area contributed by atoms with Gasteiger partial charge < -0.3 is 30.2 Å². The first-order valence-electron chi connectivity index (χ1n) is 12.9. The maximum atomic E-state index is 14.4. The summed E-state index contributed by atoms with van der Waals surface area (Å²) in [6, 6.07) is 2.49. The Morgan fingerprint density at radius 3 is 2.71 bits per heavy atom. The monoisotopic (exact) mass is 525 g/mol. The van der Waals surface area contributed by atoms with Crippen LogP contribution in [0.15, 0.2) is 18.5 Å². The minimum Gasteiger partial charge on any atom is -0.492 e. The minimum absolute atomic E-state index is 0.0153. The normalized spacial score (nSPS) is 20.4. The Morgan fingerprint density at radius 2 is 2.03 bits per heavy atom. The van der Waals surface area contributed by atoms with Crippen molar-refractivity contribution in [3.63, 3.8) is 0 Å². The van der Waals surface area contributed by atoms with Crippen molar-refractivity contribution in [2.45, 2.75) is 58.3 Å². The molecule has 3 atom stereocenters. The van der Waals surface area contributed by atoms with Crippen LogP contribution >= 0.6 is 0 Å². The molecule has 2 amide bonds. The van der Waals surface area contributed by atoms with Gasteiger partial charge in [0.05, 0.1) is 29.8 Å². The maximum absolute atomic E-state index is 14.4. The molecule has 38 heavy (non-hydrogen) atoms. The van der Waals surface area contributed by atoms with Crippen molar-refractivity contribution in [2.75, 3.05) is 19.7 Å². The third kappa shape index (κ3) is 5.08. The van der Waals surface area contributed by atoms with Crippen LogP contribution in [-0.4, -0.2) is 79.8 Å². The fraction of sp³-hybridized carbons (Fsp3) is 0.481. The SMILES string of the molecule is Cc1cc(-c2ncnc3c(C(=O)N[C@@H]4CCN(C(=O)[C@H](C)O)C[C@@H]4O)c(C)[nH]c23)c(OCC2CC2)cc1F. The number of aryl methyl sites for hydroxylation is 2. The van der Waals surface area contributed by atoms with Gasteiger partial charge in [-0.3, -0.25) is 9.59 Å². The molecule has 4 N–H and O–H groups in total. The molecule has 2 aromatic heterocycles. The maximum Gasteiger partial charge on any atom is 0.255 e. The number of likely N-dealkylation sites (tertiary alicyclic amines) is 1. The molecule has 10 nitrogen and oxygen atoms in total. The Labute approximate surface area is 219 Å². The number of H-pyrrole nitrogens is 1. The molecule has 1 saturated heterocycles. The number of nitrogens with zero attached hydrogens (tertiary/aromatic N) is 3. The molecule has 5 rings (SSSR count). The Balaban J connectivity index is 1.42. The summed E-state index contributed by atoms with van der Waals surface area (Å²) < 4.78 is 20.4. The Kier molecular flexibility index (Phi) is 7.06. The quantitative estimate of drug-likeness (QED) is 0.371. The molecular formula is C27H32FN5O5. The van der Waals surface area contributed by atoms with Gasteiger partial charge in [-0.25, -0.2) is 14.4 Å². The van der Waals surface area contributed by atoms with Crippen molar-refractivity contribution in [3.8, 4) is 17.0 Å². The zero-order chi connectivity index (χ0) is 27.1. The van der Waals surface area contributed by atoms with Crippen LogP contribution < -0.4 is 10.1 Å². The van der Waals surface area contributed by atoms with Gasteiger partial charge in [0.1, 0.15) is 35.2 Å². The van der Waals surface area contributed by atoms with Crippen molar-refractivity contribution in [1.29, 1.82) is 0 Å². The van der Waals surface area contributed by atoms with E-state index in [2.05, 4.69) is 20.3 Å². The Hall–Kier alpha value is -3.57. The number of nitrogens with one attached hydrogen (secondary N) is 2. The van der Waals surface area contributed by atoms with E-state index in [0.29, 0.717) is 70.4 Å². The van der Waals surface area contributed by atoms with Crippen molar-refractivity contribution >= 4 is 22.8 Å². The largest absolute Gasteiger partial charge is 0.492 e. The smallest absolute Gasteiger partial charge is 0.255 e. The molecule has 202 valence electrons. The van der Waals surface area contributed by atoms with Crippen molar-refractivity contribution in [2.24, 2.45) is 5.92 Å². The minimum atomic E-state index is -1.15. The van der Waals surface area contributed by atoms with E-state index in [1.165, 1.54) is 24.2 Å². The van der Waals surface area contributed by atoms with E-state index in [-0.39, 0.29) is 12.4 Å². The first-order chi connectivity index (χ1) is 18.1. The molecule has 1 aliphatic carbocycles. The molecule has 1 aliphatic heterocycles. The molecule has 2 fully saturated rings. The van der Waals surface area contributed by atoms with Crippen LogP contribution in [-0.2, 0) is 4.79 Å². The average Bonchev–Trinajstić information content (AvgIpc) is 3.64. The van der Waals surface area contributed by atoms with E-state index in [1.54, 1.807) is 19.9 Å². The number of β-amino-alcohol motifs (C(OH)–C–C–N with tert-alkyl or cyclic N) is 1. The van der Waals surface area contributed by atoms with E-state index >= 15 is 0 Å². The molecule has 1 aromatic carbocycles. The number of aliphatic hydroxyl groups is 2. The third-order valence-electron chi connectivity index (χ3n) is 7.25. The fourth-order valence-electron chi connectivity index (χ4n) is 4.87. The van der Waals surface area contributed by atoms with Gasteiger partial charge in [0.25, 0.3) is 11.8 Å². The van der Waals surface area contributed by atoms with Gasteiger partial charge in [-0.05, 0) is 57.6 Å². The molecule has 11 heteroatoms. The third-order valence-corrected chi connectivity index (χ3v) is 7.25. The van der Waals surface area contributed by atoms with Crippen molar-refractivity contribution in [3.05, 3.63) is 41.1 Å². The van der Waals surface area contributed by atoms with Crippen LogP contribution in [0.5, 0.6) is 5.75 Å². The highest BCUT2D eigenvalue weighted by Crippen LogP contribution is 2.37. The number of benzene rings is 1. The lowest BCUT2D eigenvalue weighted by Crippen LogP contribution is -2.56. The lowest BCUT2D eigenvalue weighted by molar-refractivity contribution is -0.142. The summed E-state index contributed by atoms with van der Waals surface area (Å²) in [6.45, 7) is 5.63. The number of fused-ring (bicyclic) bond motifs is 1. The van der Waals surface area contributed by atoms with Gasteiger partial charge >= 0.3 is 0 Å². The average molecular weight is 526 g/mol. The molecule has 0 spiro atoms. The number of carbonyl (C=O) groups is 2. The van der Waals surface area contributed by atoms with Crippen LogP contribution in [0.25, 0.3) is 22.3 Å². The van der Waals surface area contributed by atoms with Gasteiger partial charge in [0, 0.05) is 30.4 Å².